The van der Waals surface area contributed by atoms with Crippen molar-refractivity contribution >= 4 is 5.82 Å². The van der Waals surface area contributed by atoms with Crippen molar-refractivity contribution < 1.29 is 14.2 Å². The molecular formula is C48H46N2O3. The molecule has 1 fully saturated rings. The maximum atomic E-state index is 7.20. The summed E-state index contributed by atoms with van der Waals surface area (Å²) in [6.45, 7) is 0. The van der Waals surface area contributed by atoms with E-state index in [4.69, 9.17) is 19.2 Å². The summed E-state index contributed by atoms with van der Waals surface area (Å²) in [5.74, 6) is 5.78. The smallest absolute Gasteiger partial charge is 0.177 e. The Morgan fingerprint density at radius 3 is 2.53 bits per heavy atom. The third-order valence-corrected chi connectivity index (χ3v) is 13.6. The molecule has 0 aromatic carbocycles. The summed E-state index contributed by atoms with van der Waals surface area (Å²) >= 11 is 0. The highest BCUT2D eigenvalue weighted by atomic mass is 16.5. The Kier molecular flexibility index (Phi) is 7.54. The van der Waals surface area contributed by atoms with E-state index < -0.39 is 0 Å². The van der Waals surface area contributed by atoms with Crippen LogP contribution in [-0.2, 0) is 9.47 Å². The third kappa shape index (κ3) is 4.89. The van der Waals surface area contributed by atoms with E-state index in [0.29, 0.717) is 11.8 Å². The van der Waals surface area contributed by atoms with Crippen LogP contribution in [0.25, 0.3) is 0 Å². The van der Waals surface area contributed by atoms with Crippen LogP contribution in [0.3, 0.4) is 0 Å². The fourth-order valence-corrected chi connectivity index (χ4v) is 11.3. The van der Waals surface area contributed by atoms with Crippen LogP contribution < -0.4 is 9.64 Å². The van der Waals surface area contributed by atoms with Gasteiger partial charge in [0.05, 0.1) is 23.9 Å². The number of nitrogens with zero attached hydrogens (tertiary/aromatic N) is 2. The van der Waals surface area contributed by atoms with E-state index in [1.807, 2.05) is 12.3 Å². The fourth-order valence-electron chi connectivity index (χ4n) is 11.3. The summed E-state index contributed by atoms with van der Waals surface area (Å²) in [7, 11) is 0. The molecule has 1 spiro atoms. The molecule has 0 radical (unpaired) electrons. The number of allylic oxidation sites excluding steroid dienone is 18. The first-order chi connectivity index (χ1) is 26.3. The molecule has 4 heterocycles. The van der Waals surface area contributed by atoms with Crippen molar-refractivity contribution in [2.45, 2.75) is 62.9 Å². The summed E-state index contributed by atoms with van der Waals surface area (Å²) in [5.41, 5.74) is 3.68. The first kappa shape index (κ1) is 31.6. The summed E-state index contributed by atoms with van der Waals surface area (Å²) in [6, 6.07) is 4.24. The Labute approximate surface area is 312 Å². The van der Waals surface area contributed by atoms with Crippen molar-refractivity contribution in [1.82, 2.24) is 4.98 Å². The van der Waals surface area contributed by atoms with Gasteiger partial charge in [0.1, 0.15) is 17.6 Å². The lowest BCUT2D eigenvalue weighted by atomic mass is 9.49. The summed E-state index contributed by atoms with van der Waals surface area (Å²) < 4.78 is 21.2. The molecule has 5 heteroatoms. The van der Waals surface area contributed by atoms with Gasteiger partial charge in [0.15, 0.2) is 11.6 Å². The molecule has 5 nitrogen and oxygen atoms in total. The maximum absolute atomic E-state index is 7.20. The first-order valence-electron chi connectivity index (χ1n) is 19.9. The van der Waals surface area contributed by atoms with E-state index in [2.05, 4.69) is 139 Å². The molecule has 0 amide bonds. The van der Waals surface area contributed by atoms with Gasteiger partial charge in [-0.15, -0.1) is 0 Å². The predicted octanol–water partition coefficient (Wildman–Crippen LogP) is 9.89. The Morgan fingerprint density at radius 1 is 0.736 bits per heavy atom. The van der Waals surface area contributed by atoms with Gasteiger partial charge in [-0.1, -0.05) is 122 Å². The molecule has 1 aromatic rings. The lowest BCUT2D eigenvalue weighted by Crippen LogP contribution is -2.60. The van der Waals surface area contributed by atoms with E-state index in [0.717, 1.165) is 61.5 Å². The standard InChI is InChI=1S/C48H46N2O3/c1-3-13-31(14-4-1)32-24-26-38-44(29-32)51-41-21-9-7-18-36(41)48(38)37-19-8-10-22-42(37)52-45-30-33(25-27-39(45)48)35-17-11-20-40-46(35)53-43-23-12-28-49-47(43)50(40)34-15-5-2-6-16-34/h1-13,15,18-21,23-28,31-36,38,41-42,44H,14,16-17,22,29-30H2. The van der Waals surface area contributed by atoms with Crippen LogP contribution in [0, 0.1) is 40.9 Å². The molecule has 0 bridgehead atoms. The molecule has 53 heavy (non-hydrogen) atoms. The van der Waals surface area contributed by atoms with Crippen molar-refractivity contribution in [2.24, 2.45) is 40.9 Å². The van der Waals surface area contributed by atoms with Gasteiger partial charge < -0.3 is 19.1 Å². The van der Waals surface area contributed by atoms with Gasteiger partial charge in [-0.05, 0) is 67.2 Å². The topological polar surface area (TPSA) is 43.8 Å². The maximum Gasteiger partial charge on any atom is 0.177 e. The molecule has 11 atom stereocenters. The summed E-state index contributed by atoms with van der Waals surface area (Å²) in [4.78, 5) is 7.23. The zero-order valence-electron chi connectivity index (χ0n) is 30.0. The van der Waals surface area contributed by atoms with Gasteiger partial charge in [-0.2, -0.15) is 0 Å². The highest BCUT2D eigenvalue weighted by Gasteiger charge is 2.62. The molecule has 11 unspecified atom stereocenters. The van der Waals surface area contributed by atoms with Crippen LogP contribution >= 0.6 is 0 Å². The van der Waals surface area contributed by atoms with Crippen molar-refractivity contribution in [3.05, 3.63) is 174 Å². The van der Waals surface area contributed by atoms with E-state index >= 15 is 0 Å². The molecule has 266 valence electrons. The van der Waals surface area contributed by atoms with Gasteiger partial charge in [0, 0.05) is 47.8 Å². The van der Waals surface area contributed by atoms with Crippen LogP contribution in [0.15, 0.2) is 174 Å². The zero-order valence-corrected chi connectivity index (χ0v) is 30.0. The highest BCUT2D eigenvalue weighted by Crippen LogP contribution is 2.65. The minimum absolute atomic E-state index is 0.0219. The van der Waals surface area contributed by atoms with Crippen LogP contribution in [0.1, 0.15) is 38.5 Å². The highest BCUT2D eigenvalue weighted by molar-refractivity contribution is 5.65. The monoisotopic (exact) mass is 698 g/mol. The van der Waals surface area contributed by atoms with Crippen molar-refractivity contribution in [1.29, 1.82) is 0 Å². The third-order valence-electron chi connectivity index (χ3n) is 13.6. The average molecular weight is 699 g/mol. The van der Waals surface area contributed by atoms with Crippen LogP contribution in [0.5, 0.6) is 5.75 Å². The summed E-state index contributed by atoms with van der Waals surface area (Å²) in [6.07, 6.45) is 56.6. The number of fused-ring (bicyclic) bond motifs is 8. The molecule has 11 rings (SSSR count). The molecule has 0 saturated carbocycles. The largest absolute Gasteiger partial charge is 0.490 e. The van der Waals surface area contributed by atoms with Gasteiger partial charge in [-0.25, -0.2) is 4.98 Å². The van der Waals surface area contributed by atoms with Crippen LogP contribution in [0.2, 0.25) is 0 Å². The predicted molar refractivity (Wildman–Crippen MR) is 209 cm³/mol. The number of ether oxygens (including phenoxy) is 3. The molecule has 7 aliphatic carbocycles. The number of hydrogen-bond donors (Lipinski definition) is 0. The second-order valence-corrected chi connectivity index (χ2v) is 16.2. The minimum Gasteiger partial charge on any atom is -0.490 e. The van der Waals surface area contributed by atoms with Crippen LogP contribution in [-0.4, -0.2) is 29.3 Å². The minimum atomic E-state index is -0.246. The Hall–Kier alpha value is -4.87. The molecule has 1 aromatic heterocycles. The number of pyridine rings is 1. The average Bonchev–Trinajstić information content (AvgIpc) is 3.22. The normalized spacial score (nSPS) is 39.5. The molecule has 1 saturated heterocycles. The van der Waals surface area contributed by atoms with E-state index in [1.165, 1.54) is 16.9 Å². The lowest BCUT2D eigenvalue weighted by molar-refractivity contribution is -0.139. The molecule has 3 aliphatic heterocycles. The van der Waals surface area contributed by atoms with Gasteiger partial charge in [0.25, 0.3) is 0 Å². The van der Waals surface area contributed by atoms with Crippen molar-refractivity contribution in [2.75, 3.05) is 4.90 Å². The number of anilines is 1. The van der Waals surface area contributed by atoms with Crippen molar-refractivity contribution in [3.8, 4) is 5.75 Å². The second kappa shape index (κ2) is 12.6. The van der Waals surface area contributed by atoms with E-state index in [-0.39, 0.29) is 53.4 Å². The molecular weight excluding hydrogens is 653 g/mol. The summed E-state index contributed by atoms with van der Waals surface area (Å²) in [5, 5.41) is 0. The quantitative estimate of drug-likeness (QED) is 0.294. The van der Waals surface area contributed by atoms with Crippen LogP contribution in [0.4, 0.5) is 5.82 Å². The van der Waals surface area contributed by atoms with Gasteiger partial charge >= 0.3 is 0 Å². The second-order valence-electron chi connectivity index (χ2n) is 16.2. The van der Waals surface area contributed by atoms with Gasteiger partial charge in [0.2, 0.25) is 0 Å². The van der Waals surface area contributed by atoms with E-state index in [1.54, 1.807) is 0 Å². The molecule has 0 N–H and O–H groups in total. The van der Waals surface area contributed by atoms with Crippen molar-refractivity contribution in [3.63, 3.8) is 0 Å². The number of rotatable bonds is 3. The Morgan fingerprint density at radius 2 is 1.62 bits per heavy atom. The SMILES string of the molecule is C1=CCC2OC3=C(C=CC(C4CC=CC5=C4Oc4cccnc4N5C4C=CC=CC4)C3)C3(C2=C1)C1C=CC=CC1OC1CC(C2C=CC=CC2)C=CC13. The van der Waals surface area contributed by atoms with Gasteiger partial charge in [-0.3, -0.25) is 0 Å². The Bertz CT molecular complexity index is 2110. The fraction of sp³-hybridized carbons (Fsp3) is 0.354. The zero-order chi connectivity index (χ0) is 34.9. The number of aromatic nitrogens is 1. The Balaban J connectivity index is 0.994. The molecule has 10 aliphatic rings. The lowest BCUT2D eigenvalue weighted by Gasteiger charge is -2.61. The van der Waals surface area contributed by atoms with E-state index in [9.17, 15) is 0 Å². The first-order valence-corrected chi connectivity index (χ1v) is 19.9. The number of hydrogen-bond acceptors (Lipinski definition) is 5.